The number of nitrogens with two attached hydrogens (primary N) is 1. The van der Waals surface area contributed by atoms with Gasteiger partial charge in [-0.1, -0.05) is 0 Å². The van der Waals surface area contributed by atoms with E-state index in [2.05, 4.69) is 5.32 Å². The zero-order valence-corrected chi connectivity index (χ0v) is 10.8. The maximum atomic E-state index is 11.4. The van der Waals surface area contributed by atoms with Crippen LogP contribution in [0.1, 0.15) is 13.3 Å². The molecule has 102 valence electrons. The van der Waals surface area contributed by atoms with Crippen LogP contribution >= 0.6 is 0 Å². The molecule has 2 atom stereocenters. The number of carbonyl (C=O) groups is 1. The lowest BCUT2D eigenvalue weighted by Crippen LogP contribution is -2.48. The average molecular weight is 268 g/mol. The van der Waals surface area contributed by atoms with Gasteiger partial charge in [-0.15, -0.1) is 0 Å². The molecule has 0 fully saturated rings. The number of aliphatic hydroxyl groups excluding tert-OH is 1. The fraction of sp³-hybridized carbons (Fsp3) is 0.889. The van der Waals surface area contributed by atoms with Crippen molar-refractivity contribution in [3.05, 3.63) is 0 Å². The van der Waals surface area contributed by atoms with Crippen LogP contribution in [-0.4, -0.2) is 61.3 Å². The fourth-order valence-electron chi connectivity index (χ4n) is 0.937. The SMILES string of the molecule is CC(O)(CO)CNC(=O)C(N)CCS(C)(=O)=O. The van der Waals surface area contributed by atoms with E-state index in [9.17, 15) is 18.3 Å². The first-order valence-corrected chi connectivity index (χ1v) is 7.18. The number of nitrogens with one attached hydrogen (secondary N) is 1. The van der Waals surface area contributed by atoms with Crippen LogP contribution in [0.2, 0.25) is 0 Å². The van der Waals surface area contributed by atoms with Crippen LogP contribution < -0.4 is 11.1 Å². The first-order valence-electron chi connectivity index (χ1n) is 5.12. The van der Waals surface area contributed by atoms with Crippen LogP contribution in [-0.2, 0) is 14.6 Å². The van der Waals surface area contributed by atoms with Crippen LogP contribution in [0.5, 0.6) is 0 Å². The molecule has 8 heteroatoms. The highest BCUT2D eigenvalue weighted by molar-refractivity contribution is 7.90. The highest BCUT2D eigenvalue weighted by Gasteiger charge is 2.22. The number of sulfone groups is 1. The molecule has 0 saturated carbocycles. The van der Waals surface area contributed by atoms with E-state index in [1.807, 2.05) is 0 Å². The monoisotopic (exact) mass is 268 g/mol. The Bertz CT molecular complexity index is 352. The number of aliphatic hydroxyl groups is 2. The van der Waals surface area contributed by atoms with Crippen LogP contribution in [0.3, 0.4) is 0 Å². The molecule has 5 N–H and O–H groups in total. The predicted octanol–water partition coefficient (Wildman–Crippen LogP) is -2.39. The Kier molecular flexibility index (Phi) is 6.03. The lowest BCUT2D eigenvalue weighted by molar-refractivity contribution is -0.123. The molecule has 0 bridgehead atoms. The van der Waals surface area contributed by atoms with E-state index < -0.39 is 34.0 Å². The van der Waals surface area contributed by atoms with E-state index in [0.717, 1.165) is 6.26 Å². The van der Waals surface area contributed by atoms with E-state index in [4.69, 9.17) is 10.8 Å². The van der Waals surface area contributed by atoms with Gasteiger partial charge in [-0.25, -0.2) is 8.42 Å². The van der Waals surface area contributed by atoms with Crippen LogP contribution in [0.25, 0.3) is 0 Å². The third-order valence-corrected chi connectivity index (χ3v) is 3.10. The molecule has 0 rings (SSSR count). The Labute approximate surface area is 101 Å². The summed E-state index contributed by atoms with van der Waals surface area (Å²) >= 11 is 0. The second-order valence-electron chi connectivity index (χ2n) is 4.40. The minimum Gasteiger partial charge on any atom is -0.393 e. The highest BCUT2D eigenvalue weighted by Crippen LogP contribution is 1.99. The molecule has 0 aromatic carbocycles. The van der Waals surface area contributed by atoms with Crippen LogP contribution in [0, 0.1) is 0 Å². The van der Waals surface area contributed by atoms with Crippen molar-refractivity contribution >= 4 is 15.7 Å². The zero-order chi connectivity index (χ0) is 13.7. The van der Waals surface area contributed by atoms with Crippen molar-refractivity contribution in [1.29, 1.82) is 0 Å². The maximum Gasteiger partial charge on any atom is 0.237 e. The van der Waals surface area contributed by atoms with Gasteiger partial charge in [0, 0.05) is 12.8 Å². The normalized spacial score (nSPS) is 17.2. The quantitative estimate of drug-likeness (QED) is 0.407. The lowest BCUT2D eigenvalue weighted by atomic mass is 10.1. The molecule has 0 heterocycles. The molecule has 0 aliphatic heterocycles. The summed E-state index contributed by atoms with van der Waals surface area (Å²) in [4.78, 5) is 11.4. The van der Waals surface area contributed by atoms with Crippen molar-refractivity contribution in [3.8, 4) is 0 Å². The van der Waals surface area contributed by atoms with Crippen LogP contribution in [0.15, 0.2) is 0 Å². The van der Waals surface area contributed by atoms with Gasteiger partial charge in [0.1, 0.15) is 15.4 Å². The topological polar surface area (TPSA) is 130 Å². The van der Waals surface area contributed by atoms with Gasteiger partial charge in [0.15, 0.2) is 0 Å². The lowest BCUT2D eigenvalue weighted by Gasteiger charge is -2.21. The molecule has 0 spiro atoms. The van der Waals surface area contributed by atoms with Crippen molar-refractivity contribution in [2.75, 3.05) is 25.2 Å². The Morgan fingerprint density at radius 1 is 1.53 bits per heavy atom. The van der Waals surface area contributed by atoms with Gasteiger partial charge in [-0.3, -0.25) is 4.79 Å². The van der Waals surface area contributed by atoms with Gasteiger partial charge in [0.25, 0.3) is 0 Å². The molecular formula is C9H20N2O5S. The fourth-order valence-corrected chi connectivity index (χ4v) is 1.62. The molecule has 0 saturated heterocycles. The average Bonchev–Trinajstić information content (AvgIpc) is 2.21. The number of rotatable bonds is 7. The summed E-state index contributed by atoms with van der Waals surface area (Å²) in [5.41, 5.74) is 4.06. The molecule has 0 radical (unpaired) electrons. The number of hydrogen-bond acceptors (Lipinski definition) is 6. The second-order valence-corrected chi connectivity index (χ2v) is 6.66. The van der Waals surface area contributed by atoms with E-state index in [-0.39, 0.29) is 18.7 Å². The Morgan fingerprint density at radius 2 is 2.06 bits per heavy atom. The Hall–Kier alpha value is -0.700. The second kappa shape index (κ2) is 6.29. The third kappa shape index (κ3) is 8.08. The maximum absolute atomic E-state index is 11.4. The first kappa shape index (κ1) is 16.3. The summed E-state index contributed by atoms with van der Waals surface area (Å²) in [7, 11) is -3.15. The van der Waals surface area contributed by atoms with Crippen molar-refractivity contribution in [3.63, 3.8) is 0 Å². The van der Waals surface area contributed by atoms with Gasteiger partial charge >= 0.3 is 0 Å². The van der Waals surface area contributed by atoms with E-state index in [1.54, 1.807) is 0 Å². The van der Waals surface area contributed by atoms with Crippen molar-refractivity contribution in [2.24, 2.45) is 5.73 Å². The van der Waals surface area contributed by atoms with E-state index >= 15 is 0 Å². The van der Waals surface area contributed by atoms with Gasteiger partial charge < -0.3 is 21.3 Å². The minimum absolute atomic E-state index is 0.0198. The van der Waals surface area contributed by atoms with Gasteiger partial charge in [0.05, 0.1) is 18.4 Å². The molecule has 0 aliphatic rings. The summed E-state index contributed by atoms with van der Waals surface area (Å²) in [6, 6.07) is -0.945. The highest BCUT2D eigenvalue weighted by atomic mass is 32.2. The number of hydrogen-bond donors (Lipinski definition) is 4. The van der Waals surface area contributed by atoms with E-state index in [1.165, 1.54) is 6.92 Å². The summed E-state index contributed by atoms with van der Waals surface area (Å²) < 4.78 is 21.7. The zero-order valence-electron chi connectivity index (χ0n) is 10.0. The standard InChI is InChI=1S/C9H20N2O5S/c1-9(14,6-12)5-11-8(13)7(10)3-4-17(2,15)16/h7,12,14H,3-6,10H2,1-2H3,(H,11,13). The molecule has 17 heavy (non-hydrogen) atoms. The molecule has 2 unspecified atom stereocenters. The Balaban J connectivity index is 4.07. The molecule has 0 aliphatic carbocycles. The summed E-state index contributed by atoms with van der Waals surface area (Å²) in [5, 5.41) is 20.5. The van der Waals surface area contributed by atoms with Gasteiger partial charge in [0.2, 0.25) is 5.91 Å². The number of amides is 1. The molecule has 0 aromatic rings. The number of carbonyl (C=O) groups excluding carboxylic acids is 1. The molecule has 7 nitrogen and oxygen atoms in total. The van der Waals surface area contributed by atoms with Crippen molar-refractivity contribution in [2.45, 2.75) is 25.0 Å². The van der Waals surface area contributed by atoms with Gasteiger partial charge in [-0.05, 0) is 13.3 Å². The largest absolute Gasteiger partial charge is 0.393 e. The predicted molar refractivity (Wildman–Crippen MR) is 63.0 cm³/mol. The smallest absolute Gasteiger partial charge is 0.237 e. The van der Waals surface area contributed by atoms with Crippen molar-refractivity contribution < 1.29 is 23.4 Å². The molecule has 1 amide bonds. The van der Waals surface area contributed by atoms with Crippen LogP contribution in [0.4, 0.5) is 0 Å². The Morgan fingerprint density at radius 3 is 2.47 bits per heavy atom. The first-order chi connectivity index (χ1) is 7.57. The summed E-state index contributed by atoms with van der Waals surface area (Å²) in [6.07, 6.45) is 1.08. The van der Waals surface area contributed by atoms with Gasteiger partial charge in [-0.2, -0.15) is 0 Å². The summed E-state index contributed by atoms with van der Waals surface area (Å²) in [5.74, 6) is -0.722. The third-order valence-electron chi connectivity index (χ3n) is 2.12. The van der Waals surface area contributed by atoms with Crippen molar-refractivity contribution in [1.82, 2.24) is 5.32 Å². The van der Waals surface area contributed by atoms with E-state index in [0.29, 0.717) is 0 Å². The minimum atomic E-state index is -3.15. The molecule has 0 aromatic heterocycles. The summed E-state index contributed by atoms with van der Waals surface area (Å²) in [6.45, 7) is 0.718. The molecular weight excluding hydrogens is 248 g/mol.